The zero-order valence-corrected chi connectivity index (χ0v) is 17.2. The fraction of sp³-hybridized carbons (Fsp3) is 0.286. The number of fused-ring (bicyclic) bond motifs is 1. The second-order valence-electron chi connectivity index (χ2n) is 6.75. The number of thioether (sulfide) groups is 1. The van der Waals surface area contributed by atoms with Crippen LogP contribution in [0.3, 0.4) is 0 Å². The molecule has 0 radical (unpaired) electrons. The van der Waals surface area contributed by atoms with Crippen molar-refractivity contribution in [3.63, 3.8) is 0 Å². The van der Waals surface area contributed by atoms with Crippen LogP contribution in [0.1, 0.15) is 35.4 Å². The van der Waals surface area contributed by atoms with Gasteiger partial charge in [-0.3, -0.25) is 4.79 Å². The van der Waals surface area contributed by atoms with E-state index >= 15 is 0 Å². The molecule has 1 aliphatic rings. The zero-order valence-electron chi connectivity index (χ0n) is 15.6. The first-order chi connectivity index (χ1) is 13.7. The second kappa shape index (κ2) is 8.37. The van der Waals surface area contributed by atoms with E-state index in [2.05, 4.69) is 20.1 Å². The fourth-order valence-electron chi connectivity index (χ4n) is 3.49. The van der Waals surface area contributed by atoms with Crippen LogP contribution in [0.4, 0.5) is 5.69 Å². The molecule has 1 aliphatic heterocycles. The topological polar surface area (TPSA) is 59.8 Å². The summed E-state index contributed by atoms with van der Waals surface area (Å²) in [6, 6.07) is 13.1. The van der Waals surface area contributed by atoms with E-state index in [9.17, 15) is 4.79 Å². The summed E-state index contributed by atoms with van der Waals surface area (Å²) in [6.45, 7) is 0.895. The monoisotopic (exact) mass is 412 g/mol. The number of hydrogen-bond acceptors (Lipinski definition) is 4. The van der Waals surface area contributed by atoms with Crippen molar-refractivity contribution in [3.8, 4) is 11.4 Å². The van der Waals surface area contributed by atoms with E-state index < -0.39 is 0 Å². The third-order valence-corrected chi connectivity index (χ3v) is 6.05. The van der Waals surface area contributed by atoms with Gasteiger partial charge < -0.3 is 9.88 Å². The van der Waals surface area contributed by atoms with Gasteiger partial charge in [-0.15, -0.1) is 22.0 Å². The van der Waals surface area contributed by atoms with Crippen LogP contribution in [0.15, 0.2) is 47.4 Å². The molecule has 4 rings (SSSR count). The molecular formula is C21H21ClN4OS. The van der Waals surface area contributed by atoms with Crippen molar-refractivity contribution in [2.24, 2.45) is 0 Å². The molecule has 0 spiro atoms. The highest BCUT2D eigenvalue weighted by Gasteiger charge is 2.19. The molecule has 0 fully saturated rings. The Morgan fingerprint density at radius 1 is 1.14 bits per heavy atom. The quantitative estimate of drug-likeness (QED) is 0.591. The van der Waals surface area contributed by atoms with E-state index in [4.69, 9.17) is 11.6 Å². The van der Waals surface area contributed by atoms with Gasteiger partial charge in [0.15, 0.2) is 5.82 Å². The van der Waals surface area contributed by atoms with Crippen LogP contribution < -0.4 is 5.32 Å². The maximum absolute atomic E-state index is 12.8. The highest BCUT2D eigenvalue weighted by Crippen LogP contribution is 2.31. The third-order valence-electron chi connectivity index (χ3n) is 4.93. The number of aromatic nitrogens is 3. The van der Waals surface area contributed by atoms with Gasteiger partial charge in [0.2, 0.25) is 0 Å². The number of anilines is 1. The van der Waals surface area contributed by atoms with Gasteiger partial charge in [0.1, 0.15) is 5.82 Å². The molecule has 2 aromatic carbocycles. The Balaban J connectivity index is 1.65. The van der Waals surface area contributed by atoms with Gasteiger partial charge in [-0.1, -0.05) is 30.2 Å². The molecule has 0 atom stereocenters. The SMILES string of the molecule is CSc1ccccc1C(=O)Nc1ccc(Cl)c(-c2nnc3n2CCCCC3)c1. The van der Waals surface area contributed by atoms with Gasteiger partial charge >= 0.3 is 0 Å². The number of nitrogens with one attached hydrogen (secondary N) is 1. The predicted octanol–water partition coefficient (Wildman–Crippen LogP) is 5.30. The van der Waals surface area contributed by atoms with Crippen LogP contribution in [-0.2, 0) is 13.0 Å². The van der Waals surface area contributed by atoms with Crippen LogP contribution in [0, 0.1) is 0 Å². The molecule has 144 valence electrons. The van der Waals surface area contributed by atoms with Crippen LogP contribution in [0.2, 0.25) is 5.02 Å². The summed E-state index contributed by atoms with van der Waals surface area (Å²) in [5.74, 6) is 1.63. The lowest BCUT2D eigenvalue weighted by atomic mass is 10.1. The van der Waals surface area contributed by atoms with Crippen molar-refractivity contribution in [3.05, 3.63) is 58.9 Å². The van der Waals surface area contributed by atoms with Gasteiger partial charge in [0, 0.05) is 29.1 Å². The Labute approximate surface area is 173 Å². The minimum atomic E-state index is -0.140. The van der Waals surface area contributed by atoms with Crippen molar-refractivity contribution in [2.45, 2.75) is 37.1 Å². The number of amides is 1. The standard InChI is InChI=1S/C21H21ClN4OS/c1-28-18-8-5-4-7-15(18)21(27)23-14-10-11-17(22)16(13-14)20-25-24-19-9-3-2-6-12-26(19)20/h4-5,7-8,10-11,13H,2-3,6,9,12H2,1H3,(H,23,27). The van der Waals surface area contributed by atoms with Crippen molar-refractivity contribution in [2.75, 3.05) is 11.6 Å². The van der Waals surface area contributed by atoms with Crippen molar-refractivity contribution in [1.82, 2.24) is 14.8 Å². The van der Waals surface area contributed by atoms with Gasteiger partial charge in [-0.25, -0.2) is 0 Å². The maximum atomic E-state index is 12.8. The normalized spacial score (nSPS) is 13.6. The molecule has 0 saturated carbocycles. The molecule has 28 heavy (non-hydrogen) atoms. The van der Waals surface area contributed by atoms with E-state index in [0.29, 0.717) is 16.3 Å². The lowest BCUT2D eigenvalue weighted by Gasteiger charge is -2.12. The second-order valence-corrected chi connectivity index (χ2v) is 8.01. The van der Waals surface area contributed by atoms with E-state index in [1.807, 2.05) is 42.7 Å². The first kappa shape index (κ1) is 19.0. The number of carbonyl (C=O) groups is 1. The molecule has 1 N–H and O–H groups in total. The Morgan fingerprint density at radius 3 is 2.86 bits per heavy atom. The molecule has 0 unspecified atom stereocenters. The summed E-state index contributed by atoms with van der Waals surface area (Å²) in [5, 5.41) is 12.3. The van der Waals surface area contributed by atoms with Crippen molar-refractivity contribution < 1.29 is 4.79 Å². The summed E-state index contributed by atoms with van der Waals surface area (Å²) in [4.78, 5) is 13.7. The number of halogens is 1. The predicted molar refractivity (Wildman–Crippen MR) is 114 cm³/mol. The average Bonchev–Trinajstić information content (AvgIpc) is 2.97. The van der Waals surface area contributed by atoms with Gasteiger partial charge in [-0.05, 0) is 49.4 Å². The third kappa shape index (κ3) is 3.80. The van der Waals surface area contributed by atoms with E-state index in [0.717, 1.165) is 47.9 Å². The number of carbonyl (C=O) groups excluding carboxylic acids is 1. The van der Waals surface area contributed by atoms with E-state index in [1.54, 1.807) is 17.8 Å². The fourth-order valence-corrected chi connectivity index (χ4v) is 4.29. The number of aryl methyl sites for hydroxylation is 1. The van der Waals surface area contributed by atoms with Crippen LogP contribution in [0.25, 0.3) is 11.4 Å². The summed E-state index contributed by atoms with van der Waals surface area (Å²) in [7, 11) is 0. The van der Waals surface area contributed by atoms with Crippen LogP contribution >= 0.6 is 23.4 Å². The molecule has 7 heteroatoms. The molecule has 0 aliphatic carbocycles. The largest absolute Gasteiger partial charge is 0.322 e. The number of nitrogens with zero attached hydrogens (tertiary/aromatic N) is 3. The first-order valence-corrected chi connectivity index (χ1v) is 10.9. The molecule has 1 aromatic heterocycles. The molecule has 0 bridgehead atoms. The molecular weight excluding hydrogens is 392 g/mol. The number of hydrogen-bond donors (Lipinski definition) is 1. The highest BCUT2D eigenvalue weighted by molar-refractivity contribution is 7.98. The minimum absolute atomic E-state index is 0.140. The van der Waals surface area contributed by atoms with Crippen LogP contribution in [0.5, 0.6) is 0 Å². The summed E-state index contributed by atoms with van der Waals surface area (Å²) >= 11 is 8.03. The lowest BCUT2D eigenvalue weighted by Crippen LogP contribution is -2.13. The van der Waals surface area contributed by atoms with Gasteiger partial charge in [0.25, 0.3) is 5.91 Å². The summed E-state index contributed by atoms with van der Waals surface area (Å²) in [6.07, 6.45) is 6.34. The van der Waals surface area contributed by atoms with Gasteiger partial charge in [-0.2, -0.15) is 0 Å². The molecule has 2 heterocycles. The van der Waals surface area contributed by atoms with Crippen molar-refractivity contribution >= 4 is 35.0 Å². The Morgan fingerprint density at radius 2 is 2.00 bits per heavy atom. The van der Waals surface area contributed by atoms with Crippen LogP contribution in [-0.4, -0.2) is 26.9 Å². The van der Waals surface area contributed by atoms with E-state index in [-0.39, 0.29) is 5.91 Å². The van der Waals surface area contributed by atoms with E-state index in [1.165, 1.54) is 6.42 Å². The number of benzene rings is 2. The lowest BCUT2D eigenvalue weighted by molar-refractivity contribution is 0.102. The average molecular weight is 413 g/mol. The van der Waals surface area contributed by atoms with Gasteiger partial charge in [0.05, 0.1) is 10.6 Å². The smallest absolute Gasteiger partial charge is 0.256 e. The number of rotatable bonds is 4. The highest BCUT2D eigenvalue weighted by atomic mass is 35.5. The minimum Gasteiger partial charge on any atom is -0.322 e. The summed E-state index contributed by atoms with van der Waals surface area (Å²) < 4.78 is 2.16. The van der Waals surface area contributed by atoms with Crippen molar-refractivity contribution in [1.29, 1.82) is 0 Å². The first-order valence-electron chi connectivity index (χ1n) is 9.34. The Kier molecular flexibility index (Phi) is 5.69. The maximum Gasteiger partial charge on any atom is 0.256 e. The Hall–Kier alpha value is -2.31. The molecule has 5 nitrogen and oxygen atoms in total. The Bertz CT molecular complexity index is 1020. The molecule has 3 aromatic rings. The molecule has 1 amide bonds. The summed E-state index contributed by atoms with van der Waals surface area (Å²) in [5.41, 5.74) is 2.13. The molecule has 0 saturated heterocycles. The zero-order chi connectivity index (χ0) is 19.5.